The van der Waals surface area contributed by atoms with Gasteiger partial charge in [-0.1, -0.05) is 6.42 Å². The van der Waals surface area contributed by atoms with E-state index in [2.05, 4.69) is 5.32 Å². The van der Waals surface area contributed by atoms with Gasteiger partial charge in [-0.3, -0.25) is 10.1 Å². The standard InChI is InChI=1S/C13H15N3O2S/c14-8-10-7-11(16(17)18)4-5-13(10)15-9-12-3-1-2-6-19-12/h4-5,7,12,15H,1-3,6,9H2. The number of benzene rings is 1. The highest BCUT2D eigenvalue weighted by molar-refractivity contribution is 7.99. The Morgan fingerprint density at radius 1 is 1.53 bits per heavy atom. The van der Waals surface area contributed by atoms with E-state index in [4.69, 9.17) is 5.26 Å². The van der Waals surface area contributed by atoms with Gasteiger partial charge < -0.3 is 5.32 Å². The summed E-state index contributed by atoms with van der Waals surface area (Å²) in [6.07, 6.45) is 3.72. The van der Waals surface area contributed by atoms with Crippen LogP contribution in [0.3, 0.4) is 0 Å². The van der Waals surface area contributed by atoms with E-state index in [0.717, 1.165) is 6.54 Å². The van der Waals surface area contributed by atoms with E-state index in [1.807, 2.05) is 17.8 Å². The van der Waals surface area contributed by atoms with E-state index in [1.165, 1.54) is 37.1 Å². The highest BCUT2D eigenvalue weighted by atomic mass is 32.2. The summed E-state index contributed by atoms with van der Waals surface area (Å²) in [7, 11) is 0. The largest absolute Gasteiger partial charge is 0.383 e. The second kappa shape index (κ2) is 6.43. The van der Waals surface area contributed by atoms with Crippen LogP contribution in [0.2, 0.25) is 0 Å². The maximum absolute atomic E-state index is 10.7. The van der Waals surface area contributed by atoms with E-state index in [1.54, 1.807) is 6.07 Å². The van der Waals surface area contributed by atoms with Gasteiger partial charge in [0.25, 0.3) is 5.69 Å². The van der Waals surface area contributed by atoms with Crippen LogP contribution in [-0.2, 0) is 0 Å². The molecule has 1 fully saturated rings. The van der Waals surface area contributed by atoms with Crippen LogP contribution < -0.4 is 5.32 Å². The zero-order valence-electron chi connectivity index (χ0n) is 10.5. The summed E-state index contributed by atoms with van der Waals surface area (Å²) < 4.78 is 0. The average Bonchev–Trinajstić information content (AvgIpc) is 2.45. The van der Waals surface area contributed by atoms with Crippen molar-refractivity contribution < 1.29 is 4.92 Å². The first-order valence-corrected chi connectivity index (χ1v) is 7.29. The van der Waals surface area contributed by atoms with E-state index >= 15 is 0 Å². The van der Waals surface area contributed by atoms with Crippen molar-refractivity contribution in [1.29, 1.82) is 5.26 Å². The summed E-state index contributed by atoms with van der Waals surface area (Å²) in [5.74, 6) is 1.19. The van der Waals surface area contributed by atoms with Crippen molar-refractivity contribution >= 4 is 23.1 Å². The summed E-state index contributed by atoms with van der Waals surface area (Å²) in [4.78, 5) is 10.2. The minimum atomic E-state index is -0.485. The van der Waals surface area contributed by atoms with Gasteiger partial charge in [-0.2, -0.15) is 17.0 Å². The van der Waals surface area contributed by atoms with E-state index in [9.17, 15) is 10.1 Å². The Bertz CT molecular complexity index is 507. The zero-order chi connectivity index (χ0) is 13.7. The normalized spacial score (nSPS) is 18.6. The molecule has 1 N–H and O–H groups in total. The molecule has 1 aliphatic rings. The molecule has 0 bridgehead atoms. The first kappa shape index (κ1) is 13.7. The second-order valence-electron chi connectivity index (χ2n) is 4.47. The average molecular weight is 277 g/mol. The summed E-state index contributed by atoms with van der Waals surface area (Å²) >= 11 is 1.95. The lowest BCUT2D eigenvalue weighted by Gasteiger charge is -2.22. The van der Waals surface area contributed by atoms with Crippen LogP contribution in [0.15, 0.2) is 18.2 Å². The topological polar surface area (TPSA) is 79.0 Å². The molecule has 1 aromatic rings. The van der Waals surface area contributed by atoms with E-state index in [-0.39, 0.29) is 5.69 Å². The molecular formula is C13H15N3O2S. The van der Waals surface area contributed by atoms with Crippen LogP contribution in [0.25, 0.3) is 0 Å². The third-order valence-electron chi connectivity index (χ3n) is 3.13. The predicted molar refractivity (Wildman–Crippen MR) is 76.4 cm³/mol. The molecule has 0 amide bonds. The lowest BCUT2D eigenvalue weighted by atomic mass is 10.1. The van der Waals surface area contributed by atoms with Crippen molar-refractivity contribution in [2.75, 3.05) is 17.6 Å². The second-order valence-corrected chi connectivity index (χ2v) is 5.88. The van der Waals surface area contributed by atoms with E-state index in [0.29, 0.717) is 16.5 Å². The molecule has 1 heterocycles. The number of rotatable bonds is 4. The Balaban J connectivity index is 2.03. The number of anilines is 1. The van der Waals surface area contributed by atoms with Crippen LogP contribution in [-0.4, -0.2) is 22.5 Å². The number of nitro benzene ring substituents is 1. The highest BCUT2D eigenvalue weighted by Crippen LogP contribution is 2.26. The van der Waals surface area contributed by atoms with Crippen LogP contribution in [0, 0.1) is 21.4 Å². The Morgan fingerprint density at radius 2 is 2.37 bits per heavy atom. The van der Waals surface area contributed by atoms with Gasteiger partial charge >= 0.3 is 0 Å². The van der Waals surface area contributed by atoms with Gasteiger partial charge in [-0.15, -0.1) is 0 Å². The van der Waals surface area contributed by atoms with Crippen molar-refractivity contribution in [2.24, 2.45) is 0 Å². The molecule has 0 radical (unpaired) electrons. The molecule has 100 valence electrons. The van der Waals surface area contributed by atoms with Crippen molar-refractivity contribution in [2.45, 2.75) is 24.5 Å². The van der Waals surface area contributed by atoms with Crippen LogP contribution >= 0.6 is 11.8 Å². The fraction of sp³-hybridized carbons (Fsp3) is 0.462. The third kappa shape index (κ3) is 3.61. The SMILES string of the molecule is N#Cc1cc([N+](=O)[O-])ccc1NCC1CCCCS1. The molecule has 19 heavy (non-hydrogen) atoms. The first-order valence-electron chi connectivity index (χ1n) is 6.24. The fourth-order valence-corrected chi connectivity index (χ4v) is 3.32. The smallest absolute Gasteiger partial charge is 0.270 e. The van der Waals surface area contributed by atoms with Crippen molar-refractivity contribution in [3.05, 3.63) is 33.9 Å². The summed E-state index contributed by atoms with van der Waals surface area (Å²) in [5.41, 5.74) is 0.962. The molecule has 0 aliphatic carbocycles. The van der Waals surface area contributed by atoms with Gasteiger partial charge in [0, 0.05) is 23.9 Å². The molecule has 1 saturated heterocycles. The van der Waals surface area contributed by atoms with Crippen molar-refractivity contribution in [3.63, 3.8) is 0 Å². The Morgan fingerprint density at radius 3 is 3.00 bits per heavy atom. The molecule has 2 rings (SSSR count). The van der Waals surface area contributed by atoms with Gasteiger partial charge in [-0.05, 0) is 24.7 Å². The maximum Gasteiger partial charge on any atom is 0.270 e. The number of nitriles is 1. The number of hydrogen-bond acceptors (Lipinski definition) is 5. The minimum Gasteiger partial charge on any atom is -0.383 e. The van der Waals surface area contributed by atoms with Crippen LogP contribution in [0.4, 0.5) is 11.4 Å². The zero-order valence-corrected chi connectivity index (χ0v) is 11.3. The fourth-order valence-electron chi connectivity index (χ4n) is 2.08. The van der Waals surface area contributed by atoms with Gasteiger partial charge in [0.1, 0.15) is 6.07 Å². The molecule has 1 aliphatic heterocycles. The van der Waals surface area contributed by atoms with Gasteiger partial charge in [0.15, 0.2) is 0 Å². The minimum absolute atomic E-state index is 0.0471. The lowest BCUT2D eigenvalue weighted by molar-refractivity contribution is -0.384. The number of nitrogens with one attached hydrogen (secondary N) is 1. The maximum atomic E-state index is 10.7. The van der Waals surface area contributed by atoms with Gasteiger partial charge in [-0.25, -0.2) is 0 Å². The Labute approximate surface area is 116 Å². The summed E-state index contributed by atoms with van der Waals surface area (Å²) in [6.45, 7) is 0.803. The van der Waals surface area contributed by atoms with Crippen LogP contribution in [0.1, 0.15) is 24.8 Å². The molecular weight excluding hydrogens is 262 g/mol. The highest BCUT2D eigenvalue weighted by Gasteiger charge is 2.15. The van der Waals surface area contributed by atoms with Crippen LogP contribution in [0.5, 0.6) is 0 Å². The molecule has 1 unspecified atom stereocenters. The van der Waals surface area contributed by atoms with Crippen molar-refractivity contribution in [1.82, 2.24) is 0 Å². The predicted octanol–water partition coefficient (Wildman–Crippen LogP) is 3.16. The molecule has 0 saturated carbocycles. The number of nitrogens with zero attached hydrogens (tertiary/aromatic N) is 2. The molecule has 1 atom stereocenters. The lowest BCUT2D eigenvalue weighted by Crippen LogP contribution is -2.20. The molecule has 0 spiro atoms. The summed E-state index contributed by atoms with van der Waals surface area (Å²) in [6, 6.07) is 6.36. The van der Waals surface area contributed by atoms with Gasteiger partial charge in [0.2, 0.25) is 0 Å². The van der Waals surface area contributed by atoms with Gasteiger partial charge in [0.05, 0.1) is 16.2 Å². The summed E-state index contributed by atoms with van der Waals surface area (Å²) in [5, 5.41) is 23.5. The first-order chi connectivity index (χ1) is 9.20. The number of hydrogen-bond donors (Lipinski definition) is 1. The molecule has 6 heteroatoms. The number of non-ortho nitro benzene ring substituents is 1. The Hall–Kier alpha value is -1.74. The third-order valence-corrected chi connectivity index (χ3v) is 4.53. The quantitative estimate of drug-likeness (QED) is 0.675. The molecule has 1 aromatic carbocycles. The number of thioether (sulfide) groups is 1. The van der Waals surface area contributed by atoms with E-state index < -0.39 is 4.92 Å². The van der Waals surface area contributed by atoms with Crippen molar-refractivity contribution in [3.8, 4) is 6.07 Å². The number of nitro groups is 1. The monoisotopic (exact) mass is 277 g/mol. The Kier molecular flexibility index (Phi) is 4.63. The molecule has 0 aromatic heterocycles. The molecule has 5 nitrogen and oxygen atoms in total.